The van der Waals surface area contributed by atoms with Crippen molar-refractivity contribution in [3.63, 3.8) is 0 Å². The van der Waals surface area contributed by atoms with E-state index in [1.807, 2.05) is 17.8 Å². The average Bonchev–Trinajstić information content (AvgIpc) is 2.42. The van der Waals surface area contributed by atoms with Crippen molar-refractivity contribution in [1.82, 2.24) is 0 Å². The predicted molar refractivity (Wildman–Crippen MR) is 88.6 cm³/mol. The average molecular weight is 299 g/mol. The molecule has 1 rings (SSSR count). The summed E-state index contributed by atoms with van der Waals surface area (Å²) < 4.78 is 0. The van der Waals surface area contributed by atoms with Gasteiger partial charge in [0, 0.05) is 4.90 Å². The summed E-state index contributed by atoms with van der Waals surface area (Å²) in [6.45, 7) is 4.45. The van der Waals surface area contributed by atoms with E-state index in [9.17, 15) is 5.11 Å². The summed E-state index contributed by atoms with van der Waals surface area (Å²) in [7, 11) is 0. The number of hydrogen-bond donors (Lipinski definition) is 1. The summed E-state index contributed by atoms with van der Waals surface area (Å²) in [5.41, 5.74) is 0. The van der Waals surface area contributed by atoms with Gasteiger partial charge >= 0.3 is 0 Å². The standard InChI is InChI=1S/C16H26OS2/c1-3-5-7-12-18-15-11-9-10-14(17)16(15)19-13-8-6-4-2/h9-11,17H,3-8,12-13H2,1-2H3. The normalized spacial score (nSPS) is 10.8. The Morgan fingerprint density at radius 1 is 0.895 bits per heavy atom. The molecule has 1 aromatic rings. The number of hydrogen-bond acceptors (Lipinski definition) is 3. The molecule has 0 unspecified atom stereocenters. The van der Waals surface area contributed by atoms with E-state index < -0.39 is 0 Å². The first-order valence-corrected chi connectivity index (χ1v) is 9.34. The fourth-order valence-corrected chi connectivity index (χ4v) is 4.13. The van der Waals surface area contributed by atoms with Crippen molar-refractivity contribution in [2.24, 2.45) is 0 Å². The maximum atomic E-state index is 10.0. The predicted octanol–water partition coefficient (Wildman–Crippen LogP) is 5.96. The van der Waals surface area contributed by atoms with Gasteiger partial charge in [-0.15, -0.1) is 23.5 Å². The van der Waals surface area contributed by atoms with E-state index in [4.69, 9.17) is 0 Å². The number of phenolic OH excluding ortho intramolecular Hbond substituents is 1. The van der Waals surface area contributed by atoms with Gasteiger partial charge in [0.2, 0.25) is 0 Å². The second-order valence-corrected chi connectivity index (χ2v) is 6.96. The molecule has 0 fully saturated rings. The lowest BCUT2D eigenvalue weighted by Crippen LogP contribution is -1.86. The SMILES string of the molecule is CCCCCSc1cccc(O)c1SCCCCC. The largest absolute Gasteiger partial charge is 0.507 e. The van der Waals surface area contributed by atoms with Crippen LogP contribution in [-0.4, -0.2) is 16.6 Å². The highest BCUT2D eigenvalue weighted by molar-refractivity contribution is 8.02. The molecule has 0 atom stereocenters. The lowest BCUT2D eigenvalue weighted by Gasteiger charge is -2.10. The number of rotatable bonds is 10. The molecular weight excluding hydrogens is 272 g/mol. The van der Waals surface area contributed by atoms with Crippen molar-refractivity contribution >= 4 is 23.5 Å². The highest BCUT2D eigenvalue weighted by atomic mass is 32.2. The minimum Gasteiger partial charge on any atom is -0.507 e. The lowest BCUT2D eigenvalue weighted by molar-refractivity contribution is 0.459. The maximum absolute atomic E-state index is 10.0. The Bertz CT molecular complexity index is 353. The summed E-state index contributed by atoms with van der Waals surface area (Å²) in [6, 6.07) is 5.89. The van der Waals surface area contributed by atoms with Crippen LogP contribution in [0.25, 0.3) is 0 Å². The number of phenols is 1. The Labute approximate surface area is 126 Å². The summed E-state index contributed by atoms with van der Waals surface area (Å²) in [6.07, 6.45) is 7.58. The highest BCUT2D eigenvalue weighted by Gasteiger charge is 2.08. The van der Waals surface area contributed by atoms with Crippen molar-refractivity contribution in [1.29, 1.82) is 0 Å². The van der Waals surface area contributed by atoms with E-state index in [2.05, 4.69) is 19.9 Å². The first-order chi connectivity index (χ1) is 9.29. The van der Waals surface area contributed by atoms with Crippen LogP contribution >= 0.6 is 23.5 Å². The van der Waals surface area contributed by atoms with Crippen LogP contribution in [0.5, 0.6) is 5.75 Å². The van der Waals surface area contributed by atoms with E-state index in [0.29, 0.717) is 5.75 Å². The minimum absolute atomic E-state index is 0.446. The van der Waals surface area contributed by atoms with E-state index in [1.165, 1.54) is 43.4 Å². The summed E-state index contributed by atoms with van der Waals surface area (Å²) >= 11 is 3.69. The fraction of sp³-hybridized carbons (Fsp3) is 0.625. The van der Waals surface area contributed by atoms with Gasteiger partial charge in [0.05, 0.1) is 4.90 Å². The maximum Gasteiger partial charge on any atom is 0.130 e. The summed E-state index contributed by atoms with van der Waals surface area (Å²) in [5.74, 6) is 2.70. The van der Waals surface area contributed by atoms with E-state index >= 15 is 0 Å². The van der Waals surface area contributed by atoms with E-state index in [-0.39, 0.29) is 0 Å². The quantitative estimate of drug-likeness (QED) is 0.425. The first-order valence-electron chi connectivity index (χ1n) is 7.37. The molecule has 0 amide bonds. The third-order valence-corrected chi connectivity index (χ3v) is 5.44. The second kappa shape index (κ2) is 10.5. The Balaban J connectivity index is 2.51. The van der Waals surface area contributed by atoms with Gasteiger partial charge in [0.25, 0.3) is 0 Å². The molecule has 1 N–H and O–H groups in total. The van der Waals surface area contributed by atoms with Crippen LogP contribution in [0.15, 0.2) is 28.0 Å². The van der Waals surface area contributed by atoms with Crippen LogP contribution < -0.4 is 0 Å². The van der Waals surface area contributed by atoms with Gasteiger partial charge in [-0.2, -0.15) is 0 Å². The number of aromatic hydroxyl groups is 1. The molecule has 0 bridgehead atoms. The molecule has 0 saturated heterocycles. The fourth-order valence-electron chi connectivity index (χ4n) is 1.82. The monoisotopic (exact) mass is 298 g/mol. The van der Waals surface area contributed by atoms with Crippen molar-refractivity contribution in [3.05, 3.63) is 18.2 Å². The van der Waals surface area contributed by atoms with E-state index in [0.717, 1.165) is 16.4 Å². The van der Waals surface area contributed by atoms with Crippen LogP contribution in [0.4, 0.5) is 0 Å². The Morgan fingerprint density at radius 3 is 2.16 bits per heavy atom. The molecule has 0 aromatic heterocycles. The zero-order valence-electron chi connectivity index (χ0n) is 12.2. The molecule has 108 valence electrons. The van der Waals surface area contributed by atoms with Crippen LogP contribution in [0.3, 0.4) is 0 Å². The Morgan fingerprint density at radius 2 is 1.53 bits per heavy atom. The van der Waals surface area contributed by atoms with Crippen molar-refractivity contribution in [2.75, 3.05) is 11.5 Å². The third-order valence-electron chi connectivity index (χ3n) is 2.96. The van der Waals surface area contributed by atoms with Gasteiger partial charge < -0.3 is 5.11 Å². The van der Waals surface area contributed by atoms with Crippen molar-refractivity contribution in [2.45, 2.75) is 62.2 Å². The Hall–Kier alpha value is -0.280. The first kappa shape index (κ1) is 16.8. The Kier molecular flexibility index (Phi) is 9.27. The van der Waals surface area contributed by atoms with Gasteiger partial charge in [-0.1, -0.05) is 45.6 Å². The number of unbranched alkanes of at least 4 members (excludes halogenated alkanes) is 4. The second-order valence-electron chi connectivity index (χ2n) is 4.72. The molecule has 0 saturated carbocycles. The molecule has 3 heteroatoms. The zero-order chi connectivity index (χ0) is 13.9. The molecule has 0 aliphatic carbocycles. The van der Waals surface area contributed by atoms with Crippen molar-refractivity contribution in [3.8, 4) is 5.75 Å². The smallest absolute Gasteiger partial charge is 0.130 e. The highest BCUT2D eigenvalue weighted by Crippen LogP contribution is 2.38. The van der Waals surface area contributed by atoms with Crippen LogP contribution in [0, 0.1) is 0 Å². The number of thioether (sulfide) groups is 2. The third kappa shape index (κ3) is 6.62. The van der Waals surface area contributed by atoms with Crippen LogP contribution in [0.2, 0.25) is 0 Å². The molecule has 1 nitrogen and oxygen atoms in total. The molecule has 0 aliphatic rings. The van der Waals surface area contributed by atoms with Gasteiger partial charge in [-0.25, -0.2) is 0 Å². The van der Waals surface area contributed by atoms with E-state index in [1.54, 1.807) is 17.8 Å². The number of benzene rings is 1. The molecule has 1 aromatic carbocycles. The minimum atomic E-state index is 0.446. The topological polar surface area (TPSA) is 20.2 Å². The molecule has 0 spiro atoms. The molecule has 0 radical (unpaired) electrons. The summed E-state index contributed by atoms with van der Waals surface area (Å²) in [4.78, 5) is 2.33. The molecule has 0 aliphatic heterocycles. The van der Waals surface area contributed by atoms with Crippen LogP contribution in [-0.2, 0) is 0 Å². The van der Waals surface area contributed by atoms with Gasteiger partial charge in [0.1, 0.15) is 5.75 Å². The molecular formula is C16H26OS2. The van der Waals surface area contributed by atoms with Crippen LogP contribution in [0.1, 0.15) is 52.4 Å². The molecule has 19 heavy (non-hydrogen) atoms. The van der Waals surface area contributed by atoms with Gasteiger partial charge in [0.15, 0.2) is 0 Å². The van der Waals surface area contributed by atoms with Gasteiger partial charge in [-0.05, 0) is 36.5 Å². The summed E-state index contributed by atoms with van der Waals surface area (Å²) in [5, 5.41) is 10.0. The molecule has 0 heterocycles. The van der Waals surface area contributed by atoms with Gasteiger partial charge in [-0.3, -0.25) is 0 Å². The van der Waals surface area contributed by atoms with Crippen molar-refractivity contribution < 1.29 is 5.11 Å². The lowest BCUT2D eigenvalue weighted by atomic mass is 10.3. The zero-order valence-corrected chi connectivity index (χ0v) is 13.8.